The van der Waals surface area contributed by atoms with E-state index in [4.69, 9.17) is 30.2 Å². The fourth-order valence-corrected chi connectivity index (χ4v) is 6.37. The van der Waals surface area contributed by atoms with Crippen LogP contribution in [-0.4, -0.2) is 26.4 Å². The largest absolute Gasteiger partial charge is 0.456 e. The van der Waals surface area contributed by atoms with Crippen molar-refractivity contribution < 1.29 is 4.42 Å². The van der Waals surface area contributed by atoms with Gasteiger partial charge in [-0.25, -0.2) is 15.0 Å². The summed E-state index contributed by atoms with van der Waals surface area (Å²) < 4.78 is 6.20. The molecule has 1 aliphatic rings. The molecule has 2 heterocycles. The van der Waals surface area contributed by atoms with Crippen LogP contribution in [0, 0.1) is 10.8 Å². The van der Waals surface area contributed by atoms with Gasteiger partial charge in [0.1, 0.15) is 11.2 Å². The lowest BCUT2D eigenvalue weighted by molar-refractivity contribution is 0.669. The Labute approximate surface area is 269 Å². The summed E-state index contributed by atoms with van der Waals surface area (Å²) in [6.07, 6.45) is 3.57. The summed E-state index contributed by atoms with van der Waals surface area (Å²) in [7, 11) is 0. The molecule has 0 amide bonds. The molecule has 8 aromatic rings. The third-order valence-corrected chi connectivity index (χ3v) is 8.78. The SMILES string of the molecule is N=C1C=Cc2ccc3cc(-c4nc(-c5ccc(-c6ccccc6)cc5)nc(-c5ccc6c(c5)oc5ccccc56)n4)ccc3c2C1=N. The zero-order valence-corrected chi connectivity index (χ0v) is 25.0. The minimum Gasteiger partial charge on any atom is -0.456 e. The van der Waals surface area contributed by atoms with E-state index in [9.17, 15) is 0 Å². The zero-order valence-electron chi connectivity index (χ0n) is 25.0. The van der Waals surface area contributed by atoms with E-state index in [1.807, 2.05) is 78.9 Å². The monoisotopic (exact) mass is 603 g/mol. The van der Waals surface area contributed by atoms with Gasteiger partial charge in [-0.15, -0.1) is 0 Å². The maximum atomic E-state index is 8.57. The second-order valence-corrected chi connectivity index (χ2v) is 11.6. The van der Waals surface area contributed by atoms with E-state index in [1.54, 1.807) is 6.08 Å². The van der Waals surface area contributed by atoms with Crippen molar-refractivity contribution in [3.05, 3.63) is 145 Å². The number of aromatic nitrogens is 3. The van der Waals surface area contributed by atoms with Crippen LogP contribution < -0.4 is 0 Å². The van der Waals surface area contributed by atoms with Gasteiger partial charge in [0.2, 0.25) is 0 Å². The van der Waals surface area contributed by atoms with Crippen molar-refractivity contribution in [1.29, 1.82) is 10.8 Å². The van der Waals surface area contributed by atoms with Crippen molar-refractivity contribution in [1.82, 2.24) is 15.0 Å². The number of hydrogen-bond acceptors (Lipinski definition) is 6. The normalized spacial score (nSPS) is 12.7. The standard InChI is InChI=1S/C41H25N5O/c42-34-21-18-26-12-15-28-22-29(16-19-31(28)37(26)38(34)43)40-44-39(27-13-10-25(11-14-27)24-6-2-1-3-7-24)45-41(46-40)30-17-20-33-32-8-4-5-9-35(32)47-36(33)23-30/h1-23,42-43H. The molecule has 0 spiro atoms. The van der Waals surface area contributed by atoms with E-state index in [2.05, 4.69) is 54.6 Å². The molecule has 1 aliphatic carbocycles. The molecule has 0 bridgehead atoms. The topological polar surface area (TPSA) is 99.5 Å². The number of furan rings is 1. The lowest BCUT2D eigenvalue weighted by Crippen LogP contribution is -2.16. The molecule has 0 saturated carbocycles. The zero-order chi connectivity index (χ0) is 31.5. The average Bonchev–Trinajstić information content (AvgIpc) is 3.51. The van der Waals surface area contributed by atoms with Gasteiger partial charge in [0.25, 0.3) is 0 Å². The highest BCUT2D eigenvalue weighted by atomic mass is 16.3. The lowest BCUT2D eigenvalue weighted by atomic mass is 9.89. The first-order chi connectivity index (χ1) is 23.1. The Kier molecular flexibility index (Phi) is 6.01. The molecule has 2 N–H and O–H groups in total. The number of benzene rings is 6. The molecule has 0 atom stereocenters. The van der Waals surface area contributed by atoms with Crippen LogP contribution in [0.4, 0.5) is 0 Å². The van der Waals surface area contributed by atoms with Gasteiger partial charge in [0.15, 0.2) is 17.5 Å². The predicted octanol–water partition coefficient (Wildman–Crippen LogP) is 10.0. The first-order valence-corrected chi connectivity index (χ1v) is 15.4. The maximum Gasteiger partial charge on any atom is 0.164 e. The molecule has 2 aromatic heterocycles. The molecule has 47 heavy (non-hydrogen) atoms. The second kappa shape index (κ2) is 10.5. The van der Waals surface area contributed by atoms with Crippen molar-refractivity contribution in [2.24, 2.45) is 0 Å². The fourth-order valence-electron chi connectivity index (χ4n) is 6.37. The number of para-hydroxylation sites is 1. The number of nitrogens with one attached hydrogen (secondary N) is 2. The van der Waals surface area contributed by atoms with Crippen LogP contribution in [-0.2, 0) is 0 Å². The van der Waals surface area contributed by atoms with Crippen molar-refractivity contribution in [2.75, 3.05) is 0 Å². The first kappa shape index (κ1) is 26.8. The van der Waals surface area contributed by atoms with Gasteiger partial charge in [-0.2, -0.15) is 0 Å². The van der Waals surface area contributed by atoms with Gasteiger partial charge in [-0.3, -0.25) is 10.8 Å². The maximum absolute atomic E-state index is 8.57. The quantitative estimate of drug-likeness (QED) is 0.209. The van der Waals surface area contributed by atoms with E-state index in [1.165, 1.54) is 0 Å². The number of allylic oxidation sites excluding steroid dienone is 1. The number of hydrogen-bond donors (Lipinski definition) is 2. The van der Waals surface area contributed by atoms with Gasteiger partial charge in [0, 0.05) is 33.0 Å². The molecule has 220 valence electrons. The summed E-state index contributed by atoms with van der Waals surface area (Å²) in [4.78, 5) is 15.0. The minimum atomic E-state index is 0.209. The van der Waals surface area contributed by atoms with Crippen LogP contribution in [0.15, 0.2) is 138 Å². The number of rotatable bonds is 4. The highest BCUT2D eigenvalue weighted by molar-refractivity contribution is 6.53. The summed E-state index contributed by atoms with van der Waals surface area (Å²) in [6, 6.07) is 42.8. The summed E-state index contributed by atoms with van der Waals surface area (Å²) >= 11 is 0. The molecule has 0 radical (unpaired) electrons. The fraction of sp³-hybridized carbons (Fsp3) is 0. The first-order valence-electron chi connectivity index (χ1n) is 15.4. The van der Waals surface area contributed by atoms with Crippen molar-refractivity contribution >= 4 is 50.2 Å². The van der Waals surface area contributed by atoms with Gasteiger partial charge >= 0.3 is 0 Å². The Hall–Kier alpha value is -6.53. The van der Waals surface area contributed by atoms with Gasteiger partial charge < -0.3 is 4.42 Å². The molecule has 6 heteroatoms. The molecule has 9 rings (SSSR count). The average molecular weight is 604 g/mol. The van der Waals surface area contributed by atoms with Crippen LogP contribution in [0.3, 0.4) is 0 Å². The summed E-state index contributed by atoms with van der Waals surface area (Å²) in [5.41, 5.74) is 8.57. The Morgan fingerprint density at radius 3 is 1.83 bits per heavy atom. The van der Waals surface area contributed by atoms with E-state index in [-0.39, 0.29) is 11.4 Å². The smallest absolute Gasteiger partial charge is 0.164 e. The predicted molar refractivity (Wildman–Crippen MR) is 190 cm³/mol. The van der Waals surface area contributed by atoms with Crippen LogP contribution in [0.2, 0.25) is 0 Å². The van der Waals surface area contributed by atoms with E-state index in [0.717, 1.165) is 71.7 Å². The molecule has 0 unspecified atom stereocenters. The molecular formula is C41H25N5O. The number of fused-ring (bicyclic) bond motifs is 6. The Morgan fingerprint density at radius 1 is 0.447 bits per heavy atom. The second-order valence-electron chi connectivity index (χ2n) is 11.6. The highest BCUT2D eigenvalue weighted by Gasteiger charge is 2.19. The number of nitrogens with zero attached hydrogens (tertiary/aromatic N) is 3. The summed E-state index contributed by atoms with van der Waals surface area (Å²) in [5.74, 6) is 1.66. The molecule has 6 aromatic carbocycles. The summed E-state index contributed by atoms with van der Waals surface area (Å²) in [6.45, 7) is 0. The van der Waals surface area contributed by atoms with Gasteiger partial charge in [-0.1, -0.05) is 109 Å². The Balaban J connectivity index is 1.20. The third kappa shape index (κ3) is 4.54. The Bertz CT molecular complexity index is 2600. The molecule has 0 aliphatic heterocycles. The van der Waals surface area contributed by atoms with Gasteiger partial charge in [0.05, 0.1) is 11.4 Å². The lowest BCUT2D eigenvalue weighted by Gasteiger charge is -2.16. The van der Waals surface area contributed by atoms with E-state index < -0.39 is 0 Å². The highest BCUT2D eigenvalue weighted by Crippen LogP contribution is 2.34. The van der Waals surface area contributed by atoms with Gasteiger partial charge in [-0.05, 0) is 57.8 Å². The van der Waals surface area contributed by atoms with Crippen molar-refractivity contribution in [3.8, 4) is 45.3 Å². The summed E-state index contributed by atoms with van der Waals surface area (Å²) in [5, 5.41) is 20.7. The molecule has 0 fully saturated rings. The van der Waals surface area contributed by atoms with Crippen molar-refractivity contribution in [2.45, 2.75) is 0 Å². The third-order valence-electron chi connectivity index (χ3n) is 8.78. The minimum absolute atomic E-state index is 0.209. The van der Waals surface area contributed by atoms with Crippen LogP contribution in [0.25, 0.3) is 84.1 Å². The Morgan fingerprint density at radius 2 is 1.04 bits per heavy atom. The molecule has 0 saturated heterocycles. The van der Waals surface area contributed by atoms with Crippen molar-refractivity contribution in [3.63, 3.8) is 0 Å². The van der Waals surface area contributed by atoms with Crippen LogP contribution >= 0.6 is 0 Å². The van der Waals surface area contributed by atoms with Crippen LogP contribution in [0.1, 0.15) is 11.1 Å². The van der Waals surface area contributed by atoms with E-state index in [0.29, 0.717) is 17.5 Å². The molecule has 6 nitrogen and oxygen atoms in total. The molecular weight excluding hydrogens is 578 g/mol. The van der Waals surface area contributed by atoms with Crippen LogP contribution in [0.5, 0.6) is 0 Å². The van der Waals surface area contributed by atoms with E-state index >= 15 is 0 Å².